The fourth-order valence-electron chi connectivity index (χ4n) is 1.85. The van der Waals surface area contributed by atoms with E-state index >= 15 is 0 Å². The number of nitrogens with one attached hydrogen (secondary N) is 2. The molecule has 0 atom stereocenters. The van der Waals surface area contributed by atoms with Gasteiger partial charge in [0.2, 0.25) is 0 Å². The van der Waals surface area contributed by atoms with Crippen LogP contribution in [0.1, 0.15) is 23.9 Å². The predicted molar refractivity (Wildman–Crippen MR) is 83.4 cm³/mol. The van der Waals surface area contributed by atoms with Crippen molar-refractivity contribution >= 4 is 28.9 Å². The zero-order valence-corrected chi connectivity index (χ0v) is 12.5. The molecule has 5 nitrogen and oxygen atoms in total. The molecule has 6 heteroatoms. The maximum absolute atomic E-state index is 6.20. The van der Waals surface area contributed by atoms with E-state index in [2.05, 4.69) is 20.7 Å². The summed E-state index contributed by atoms with van der Waals surface area (Å²) in [6, 6.07) is 5.80. The lowest BCUT2D eigenvalue weighted by atomic mass is 10.2. The van der Waals surface area contributed by atoms with Crippen molar-refractivity contribution in [3.63, 3.8) is 0 Å². The normalized spacial score (nSPS) is 10.4. The van der Waals surface area contributed by atoms with Gasteiger partial charge >= 0.3 is 0 Å². The van der Waals surface area contributed by atoms with Gasteiger partial charge in [0.1, 0.15) is 17.5 Å². The fraction of sp³-hybridized carbons (Fsp3) is 0.286. The van der Waals surface area contributed by atoms with E-state index < -0.39 is 0 Å². The first-order valence-electron chi connectivity index (χ1n) is 6.42. The largest absolute Gasteiger partial charge is 0.339 e. The van der Waals surface area contributed by atoms with E-state index in [1.165, 1.54) is 0 Å². The lowest BCUT2D eigenvalue weighted by Gasteiger charge is -2.14. The Morgan fingerprint density at radius 3 is 2.55 bits per heavy atom. The minimum Gasteiger partial charge on any atom is -0.339 e. The summed E-state index contributed by atoms with van der Waals surface area (Å²) < 4.78 is 0. The highest BCUT2D eigenvalue weighted by atomic mass is 35.5. The third-order valence-electron chi connectivity index (χ3n) is 3.02. The first-order chi connectivity index (χ1) is 9.55. The molecule has 0 spiro atoms. The van der Waals surface area contributed by atoms with Gasteiger partial charge in [-0.05, 0) is 31.5 Å². The molecule has 0 fully saturated rings. The van der Waals surface area contributed by atoms with Gasteiger partial charge in [0.25, 0.3) is 0 Å². The highest BCUT2D eigenvalue weighted by molar-refractivity contribution is 6.33. The van der Waals surface area contributed by atoms with Gasteiger partial charge in [0.05, 0.1) is 10.7 Å². The first kappa shape index (κ1) is 14.6. The predicted octanol–water partition coefficient (Wildman–Crippen LogP) is 3.34. The van der Waals surface area contributed by atoms with Gasteiger partial charge in [-0.1, -0.05) is 24.6 Å². The van der Waals surface area contributed by atoms with E-state index in [1.54, 1.807) is 0 Å². The third kappa shape index (κ3) is 3.00. The van der Waals surface area contributed by atoms with E-state index in [1.807, 2.05) is 39.0 Å². The summed E-state index contributed by atoms with van der Waals surface area (Å²) in [6.07, 6.45) is 0.727. The maximum atomic E-state index is 6.20. The highest BCUT2D eigenvalue weighted by Crippen LogP contribution is 2.28. The lowest BCUT2D eigenvalue weighted by Crippen LogP contribution is -2.14. The van der Waals surface area contributed by atoms with Gasteiger partial charge in [-0.2, -0.15) is 0 Å². The molecule has 106 valence electrons. The van der Waals surface area contributed by atoms with Gasteiger partial charge in [-0.25, -0.2) is 15.8 Å². The molecule has 0 radical (unpaired) electrons. The van der Waals surface area contributed by atoms with Crippen LogP contribution >= 0.6 is 11.6 Å². The maximum Gasteiger partial charge on any atom is 0.148 e. The second-order valence-electron chi connectivity index (χ2n) is 4.57. The molecule has 0 aliphatic rings. The Morgan fingerprint density at radius 2 is 1.90 bits per heavy atom. The molecule has 0 bridgehead atoms. The molecule has 0 unspecified atom stereocenters. The SMILES string of the molecule is CCc1nc(NN)c(C)c(Nc2cc(C)ccc2Cl)n1. The van der Waals surface area contributed by atoms with E-state index in [4.69, 9.17) is 17.4 Å². The Bertz CT molecular complexity index is 627. The smallest absolute Gasteiger partial charge is 0.148 e. The summed E-state index contributed by atoms with van der Waals surface area (Å²) in [4.78, 5) is 8.82. The number of hydrogen-bond donors (Lipinski definition) is 3. The topological polar surface area (TPSA) is 75.9 Å². The Hall–Kier alpha value is -1.85. The summed E-state index contributed by atoms with van der Waals surface area (Å²) in [6.45, 7) is 5.91. The van der Waals surface area contributed by atoms with E-state index in [0.717, 1.165) is 29.1 Å². The summed E-state index contributed by atoms with van der Waals surface area (Å²) in [5, 5.41) is 3.90. The number of rotatable bonds is 4. The number of aromatic nitrogens is 2. The molecule has 20 heavy (non-hydrogen) atoms. The molecular formula is C14H18ClN5. The fourth-order valence-corrected chi connectivity index (χ4v) is 2.01. The number of nitrogens with zero attached hydrogens (tertiary/aromatic N) is 2. The number of aryl methyl sites for hydroxylation is 2. The molecule has 2 aromatic rings. The molecule has 1 aromatic heterocycles. The molecule has 0 aliphatic carbocycles. The van der Waals surface area contributed by atoms with Crippen molar-refractivity contribution in [2.24, 2.45) is 5.84 Å². The molecule has 1 aromatic carbocycles. The van der Waals surface area contributed by atoms with Gasteiger partial charge in [0.15, 0.2) is 0 Å². The zero-order valence-electron chi connectivity index (χ0n) is 11.8. The van der Waals surface area contributed by atoms with Crippen LogP contribution in [0, 0.1) is 13.8 Å². The Morgan fingerprint density at radius 1 is 1.20 bits per heavy atom. The van der Waals surface area contributed by atoms with Crippen molar-refractivity contribution in [3.8, 4) is 0 Å². The van der Waals surface area contributed by atoms with Crippen LogP contribution in [0.2, 0.25) is 5.02 Å². The van der Waals surface area contributed by atoms with Crippen molar-refractivity contribution in [1.29, 1.82) is 0 Å². The van der Waals surface area contributed by atoms with Gasteiger partial charge in [-0.15, -0.1) is 0 Å². The van der Waals surface area contributed by atoms with Gasteiger partial charge in [-0.3, -0.25) is 0 Å². The molecule has 0 amide bonds. The van der Waals surface area contributed by atoms with Crippen LogP contribution < -0.4 is 16.6 Å². The number of nitrogen functional groups attached to an aromatic ring is 1. The monoisotopic (exact) mass is 291 g/mol. The number of anilines is 3. The van der Waals surface area contributed by atoms with Crippen LogP contribution in [0.5, 0.6) is 0 Å². The summed E-state index contributed by atoms with van der Waals surface area (Å²) in [7, 11) is 0. The minimum atomic E-state index is 0.614. The molecule has 2 rings (SSSR count). The Kier molecular flexibility index (Phi) is 4.42. The summed E-state index contributed by atoms with van der Waals surface area (Å²) >= 11 is 6.20. The number of nitrogens with two attached hydrogens (primary N) is 1. The molecule has 4 N–H and O–H groups in total. The summed E-state index contributed by atoms with van der Waals surface area (Å²) in [5.41, 5.74) is 5.39. The molecule has 0 aliphatic heterocycles. The third-order valence-corrected chi connectivity index (χ3v) is 3.35. The number of hydrogen-bond acceptors (Lipinski definition) is 5. The second-order valence-corrected chi connectivity index (χ2v) is 4.98. The van der Waals surface area contributed by atoms with Crippen molar-refractivity contribution < 1.29 is 0 Å². The number of halogens is 1. The van der Waals surface area contributed by atoms with Crippen molar-refractivity contribution in [2.45, 2.75) is 27.2 Å². The second kappa shape index (κ2) is 6.07. The van der Waals surface area contributed by atoms with Crippen LogP contribution in [-0.4, -0.2) is 9.97 Å². The van der Waals surface area contributed by atoms with Gasteiger partial charge < -0.3 is 10.7 Å². The van der Waals surface area contributed by atoms with Crippen LogP contribution in [0.4, 0.5) is 17.3 Å². The lowest BCUT2D eigenvalue weighted by molar-refractivity contribution is 0.932. The zero-order chi connectivity index (χ0) is 14.7. The van der Waals surface area contributed by atoms with Crippen LogP contribution in [0.25, 0.3) is 0 Å². The molecule has 0 saturated heterocycles. The number of benzene rings is 1. The minimum absolute atomic E-state index is 0.614. The van der Waals surface area contributed by atoms with Crippen molar-refractivity contribution in [2.75, 3.05) is 10.7 Å². The van der Waals surface area contributed by atoms with Crippen LogP contribution in [0.3, 0.4) is 0 Å². The van der Waals surface area contributed by atoms with E-state index in [-0.39, 0.29) is 0 Å². The highest BCUT2D eigenvalue weighted by Gasteiger charge is 2.11. The van der Waals surface area contributed by atoms with Crippen LogP contribution in [-0.2, 0) is 6.42 Å². The molecular weight excluding hydrogens is 274 g/mol. The van der Waals surface area contributed by atoms with E-state index in [0.29, 0.717) is 16.7 Å². The van der Waals surface area contributed by atoms with Crippen LogP contribution in [0.15, 0.2) is 18.2 Å². The Balaban J connectivity index is 2.44. The van der Waals surface area contributed by atoms with Gasteiger partial charge in [0, 0.05) is 12.0 Å². The average molecular weight is 292 g/mol. The molecule has 0 saturated carbocycles. The standard InChI is InChI=1S/C14H18ClN5/c1-4-12-18-13(9(3)14(19-12)20-16)17-11-7-8(2)5-6-10(11)15/h5-7H,4,16H2,1-3H3,(H2,17,18,19,20). The average Bonchev–Trinajstić information content (AvgIpc) is 2.45. The first-order valence-corrected chi connectivity index (χ1v) is 6.80. The van der Waals surface area contributed by atoms with Crippen molar-refractivity contribution in [1.82, 2.24) is 9.97 Å². The Labute approximate surface area is 123 Å². The van der Waals surface area contributed by atoms with E-state index in [9.17, 15) is 0 Å². The quantitative estimate of drug-likeness (QED) is 0.595. The molecule has 1 heterocycles. The summed E-state index contributed by atoms with van der Waals surface area (Å²) in [5.74, 6) is 7.53. The number of hydrazine groups is 1. The van der Waals surface area contributed by atoms with Crippen molar-refractivity contribution in [3.05, 3.63) is 40.2 Å².